The molecule has 0 spiro atoms. The second-order valence-corrected chi connectivity index (χ2v) is 9.35. The minimum absolute atomic E-state index is 0.221. The lowest BCUT2D eigenvalue weighted by atomic mass is 10.0. The number of esters is 1. The summed E-state index contributed by atoms with van der Waals surface area (Å²) in [6, 6.07) is 10.5. The molecule has 0 bridgehead atoms. The molecule has 3 aromatic rings. The number of ether oxygens (including phenoxy) is 1. The number of hydrogen-bond donors (Lipinski definition) is 0. The van der Waals surface area contributed by atoms with Gasteiger partial charge in [0.1, 0.15) is 10.6 Å². The van der Waals surface area contributed by atoms with E-state index >= 15 is 0 Å². The Balaban J connectivity index is 1.83. The van der Waals surface area contributed by atoms with Crippen molar-refractivity contribution in [2.24, 2.45) is 4.99 Å². The molecule has 1 aromatic carbocycles. The number of carbonyl (C=O) groups excluding carboxylic acids is 2. The number of aromatic nitrogens is 1. The van der Waals surface area contributed by atoms with Crippen LogP contribution in [0, 0.1) is 0 Å². The van der Waals surface area contributed by atoms with Crippen LogP contribution in [0.2, 0.25) is 0 Å². The third kappa shape index (κ3) is 2.92. The van der Waals surface area contributed by atoms with Gasteiger partial charge >= 0.3 is 5.97 Å². The number of fused-ring (bicyclic) bond motifs is 2. The van der Waals surface area contributed by atoms with Gasteiger partial charge in [-0.1, -0.05) is 35.6 Å². The van der Waals surface area contributed by atoms with Gasteiger partial charge in [0.15, 0.2) is 4.80 Å². The summed E-state index contributed by atoms with van der Waals surface area (Å²) in [6.45, 7) is 3.71. The first-order valence-electron chi connectivity index (χ1n) is 10.1. The van der Waals surface area contributed by atoms with Crippen molar-refractivity contribution in [3.63, 3.8) is 0 Å². The maximum Gasteiger partial charge on any atom is 0.338 e. The van der Waals surface area contributed by atoms with E-state index in [-0.39, 0.29) is 18.1 Å². The second-order valence-electron chi connectivity index (χ2n) is 7.39. The molecule has 162 valence electrons. The zero-order chi connectivity index (χ0) is 22.6. The molecule has 32 heavy (non-hydrogen) atoms. The summed E-state index contributed by atoms with van der Waals surface area (Å²) in [5.74, 6) is -0.724. The minimum Gasteiger partial charge on any atom is -0.463 e. The van der Waals surface area contributed by atoms with E-state index in [0.717, 1.165) is 16.1 Å². The van der Waals surface area contributed by atoms with Gasteiger partial charge in [-0.05, 0) is 31.4 Å². The van der Waals surface area contributed by atoms with Crippen molar-refractivity contribution in [1.82, 2.24) is 4.57 Å². The Morgan fingerprint density at radius 3 is 2.69 bits per heavy atom. The molecule has 0 radical (unpaired) electrons. The molecule has 0 aliphatic carbocycles. The number of para-hydroxylation sites is 1. The summed E-state index contributed by atoms with van der Waals surface area (Å²) in [5, 5.41) is 1.90. The van der Waals surface area contributed by atoms with Crippen LogP contribution in [0.15, 0.2) is 62.8 Å². The van der Waals surface area contributed by atoms with Gasteiger partial charge in [0.05, 0.1) is 29.1 Å². The van der Waals surface area contributed by atoms with Crippen molar-refractivity contribution >= 4 is 45.8 Å². The van der Waals surface area contributed by atoms with Crippen LogP contribution in [-0.2, 0) is 14.3 Å². The van der Waals surface area contributed by atoms with Gasteiger partial charge in [0.2, 0.25) is 0 Å². The van der Waals surface area contributed by atoms with Crippen molar-refractivity contribution in [3.05, 3.63) is 83.2 Å². The number of rotatable bonds is 3. The monoisotopic (exact) mass is 465 g/mol. The molecule has 0 fully saturated rings. The molecular formula is C23H19N3O4S2. The van der Waals surface area contributed by atoms with Crippen LogP contribution < -0.4 is 19.8 Å². The van der Waals surface area contributed by atoms with Crippen LogP contribution >= 0.6 is 22.7 Å². The van der Waals surface area contributed by atoms with E-state index in [4.69, 9.17) is 4.74 Å². The van der Waals surface area contributed by atoms with E-state index in [1.54, 1.807) is 25.8 Å². The third-order valence-electron chi connectivity index (χ3n) is 5.59. The number of anilines is 1. The van der Waals surface area contributed by atoms with E-state index < -0.39 is 12.0 Å². The second kappa shape index (κ2) is 7.68. The summed E-state index contributed by atoms with van der Waals surface area (Å²) in [4.78, 5) is 47.1. The first-order valence-corrected chi connectivity index (χ1v) is 11.8. The van der Waals surface area contributed by atoms with Crippen molar-refractivity contribution in [2.75, 3.05) is 18.6 Å². The molecule has 9 heteroatoms. The van der Waals surface area contributed by atoms with Crippen LogP contribution in [0.5, 0.6) is 0 Å². The quantitative estimate of drug-likeness (QED) is 0.556. The van der Waals surface area contributed by atoms with Crippen LogP contribution in [0.3, 0.4) is 0 Å². The Morgan fingerprint density at radius 2 is 1.97 bits per heavy atom. The van der Waals surface area contributed by atoms with Crippen molar-refractivity contribution in [2.45, 2.75) is 19.9 Å². The van der Waals surface area contributed by atoms with Crippen LogP contribution in [0.1, 0.15) is 30.3 Å². The lowest BCUT2D eigenvalue weighted by Gasteiger charge is -2.23. The number of thiophene rings is 1. The van der Waals surface area contributed by atoms with Crippen LogP contribution in [0.4, 0.5) is 5.69 Å². The third-order valence-corrected chi connectivity index (χ3v) is 7.56. The molecule has 4 heterocycles. The van der Waals surface area contributed by atoms with Crippen molar-refractivity contribution < 1.29 is 14.3 Å². The highest BCUT2D eigenvalue weighted by Crippen LogP contribution is 2.35. The molecule has 0 N–H and O–H groups in total. The lowest BCUT2D eigenvalue weighted by Crippen LogP contribution is -2.40. The van der Waals surface area contributed by atoms with E-state index in [9.17, 15) is 14.4 Å². The Bertz CT molecular complexity index is 1480. The standard InChI is InChI=1S/C23H19N3O4S2/c1-4-30-22(29)16-12(2)24-23-26(18(16)15-10-7-11-31-15)21(28)19(32-23)17-13-8-5-6-9-14(13)25(3)20(17)27/h5-11,18H,4H2,1-3H3/b19-17-. The van der Waals surface area contributed by atoms with Crippen LogP contribution in [0.25, 0.3) is 5.57 Å². The van der Waals surface area contributed by atoms with Gasteiger partial charge in [-0.25, -0.2) is 9.79 Å². The summed E-state index contributed by atoms with van der Waals surface area (Å²) in [6.07, 6.45) is 0. The summed E-state index contributed by atoms with van der Waals surface area (Å²) in [5.41, 5.74) is 2.37. The SMILES string of the molecule is CCOC(=O)C1=C(C)N=c2s/c(=C3\C(=O)N(C)c4ccccc43)c(=O)n2C1c1cccs1. The normalized spacial score (nSPS) is 19.0. The molecule has 1 atom stereocenters. The van der Waals surface area contributed by atoms with Crippen molar-refractivity contribution in [1.29, 1.82) is 0 Å². The minimum atomic E-state index is -0.649. The Morgan fingerprint density at radius 1 is 1.19 bits per heavy atom. The molecule has 5 rings (SSSR count). The Hall–Kier alpha value is -3.30. The molecule has 7 nitrogen and oxygen atoms in total. The predicted octanol–water partition coefficient (Wildman–Crippen LogP) is 2.21. The lowest BCUT2D eigenvalue weighted by molar-refractivity contribution is -0.139. The van der Waals surface area contributed by atoms with E-state index in [0.29, 0.717) is 26.2 Å². The molecule has 2 aliphatic heterocycles. The maximum absolute atomic E-state index is 13.8. The number of carbonyl (C=O) groups is 2. The fourth-order valence-corrected chi connectivity index (χ4v) is 6.11. The Labute approximate surface area is 191 Å². The number of allylic oxidation sites excluding steroid dienone is 1. The van der Waals surface area contributed by atoms with Gasteiger partial charge < -0.3 is 9.64 Å². The van der Waals surface area contributed by atoms with E-state index in [2.05, 4.69) is 4.99 Å². The van der Waals surface area contributed by atoms with Gasteiger partial charge in [0.25, 0.3) is 11.5 Å². The van der Waals surface area contributed by atoms with E-state index in [1.807, 2.05) is 41.8 Å². The molecule has 0 saturated heterocycles. The summed E-state index contributed by atoms with van der Waals surface area (Å²) in [7, 11) is 1.70. The average molecular weight is 466 g/mol. The fourth-order valence-electron chi connectivity index (χ4n) is 4.15. The first-order chi connectivity index (χ1) is 15.4. The summed E-state index contributed by atoms with van der Waals surface area (Å²) < 4.78 is 7.13. The number of thiazole rings is 1. The molecular weight excluding hydrogens is 446 g/mol. The smallest absolute Gasteiger partial charge is 0.338 e. The molecule has 1 amide bonds. The molecule has 0 saturated carbocycles. The zero-order valence-electron chi connectivity index (χ0n) is 17.6. The van der Waals surface area contributed by atoms with Gasteiger partial charge in [-0.2, -0.15) is 0 Å². The molecule has 2 aromatic heterocycles. The van der Waals surface area contributed by atoms with Gasteiger partial charge in [-0.3, -0.25) is 14.2 Å². The highest BCUT2D eigenvalue weighted by molar-refractivity contribution is 7.10. The Kier molecular flexibility index (Phi) is 4.94. The van der Waals surface area contributed by atoms with Crippen LogP contribution in [-0.4, -0.2) is 30.1 Å². The number of likely N-dealkylation sites (N-methyl/N-ethyl adjacent to an activating group) is 1. The molecule has 1 unspecified atom stereocenters. The molecule has 2 aliphatic rings. The van der Waals surface area contributed by atoms with Gasteiger partial charge in [-0.15, -0.1) is 11.3 Å². The highest BCUT2D eigenvalue weighted by Gasteiger charge is 2.36. The topological polar surface area (TPSA) is 81.0 Å². The zero-order valence-corrected chi connectivity index (χ0v) is 19.3. The largest absolute Gasteiger partial charge is 0.463 e. The number of nitrogens with zero attached hydrogens (tertiary/aromatic N) is 3. The fraction of sp³-hybridized carbons (Fsp3) is 0.217. The highest BCUT2D eigenvalue weighted by atomic mass is 32.1. The predicted molar refractivity (Wildman–Crippen MR) is 124 cm³/mol. The summed E-state index contributed by atoms with van der Waals surface area (Å²) >= 11 is 2.63. The van der Waals surface area contributed by atoms with E-state index in [1.165, 1.54) is 27.2 Å². The van der Waals surface area contributed by atoms with Gasteiger partial charge in [0, 0.05) is 17.5 Å². The number of hydrogen-bond acceptors (Lipinski definition) is 7. The number of benzene rings is 1. The first kappa shape index (κ1) is 20.6. The number of amides is 1. The maximum atomic E-state index is 13.8. The average Bonchev–Trinajstić information content (AvgIpc) is 3.47. The van der Waals surface area contributed by atoms with Crippen molar-refractivity contribution in [3.8, 4) is 0 Å².